The molecule has 0 N–H and O–H groups in total. The van der Waals surface area contributed by atoms with Crippen LogP contribution in [-0.4, -0.2) is 35.7 Å². The fourth-order valence-corrected chi connectivity index (χ4v) is 4.06. The highest BCUT2D eigenvalue weighted by molar-refractivity contribution is 5.85. The molecule has 0 saturated carbocycles. The van der Waals surface area contributed by atoms with Crippen molar-refractivity contribution in [1.82, 2.24) is 9.88 Å². The number of ether oxygens (including phenoxy) is 2. The molecule has 0 unspecified atom stereocenters. The summed E-state index contributed by atoms with van der Waals surface area (Å²) >= 11 is 0. The Hall–Kier alpha value is -2.59. The minimum Gasteiger partial charge on any atom is -0.494 e. The molecule has 4 nitrogen and oxygen atoms in total. The Morgan fingerprint density at radius 3 is 2.70 bits per heavy atom. The maximum absolute atomic E-state index is 6.44. The normalized spacial score (nSPS) is 15.4. The van der Waals surface area contributed by atoms with Gasteiger partial charge in [0.1, 0.15) is 17.6 Å². The fraction of sp³-hybridized carbons (Fsp3) is 0.423. The number of para-hydroxylation sites is 1. The van der Waals surface area contributed by atoms with E-state index in [4.69, 9.17) is 9.47 Å². The molecule has 2 aromatic carbocycles. The fourth-order valence-electron chi connectivity index (χ4n) is 4.06. The van der Waals surface area contributed by atoms with Crippen LogP contribution in [0.4, 0.5) is 0 Å². The number of pyridine rings is 1. The molecule has 3 aromatic rings. The number of fused-ring (bicyclic) bond motifs is 1. The first-order chi connectivity index (χ1) is 14.7. The Morgan fingerprint density at radius 1 is 1.03 bits per heavy atom. The lowest BCUT2D eigenvalue weighted by Gasteiger charge is -2.32. The van der Waals surface area contributed by atoms with Gasteiger partial charge in [0, 0.05) is 36.8 Å². The van der Waals surface area contributed by atoms with Crippen LogP contribution in [0.1, 0.15) is 43.9 Å². The first-order valence-corrected chi connectivity index (χ1v) is 11.2. The second-order valence-electron chi connectivity index (χ2n) is 8.22. The highest BCUT2D eigenvalue weighted by Gasteiger charge is 2.21. The third-order valence-electron chi connectivity index (χ3n) is 5.71. The molecule has 1 fully saturated rings. The van der Waals surface area contributed by atoms with Crippen molar-refractivity contribution in [1.29, 1.82) is 0 Å². The number of rotatable bonds is 8. The summed E-state index contributed by atoms with van der Waals surface area (Å²) in [6, 6.07) is 18.8. The van der Waals surface area contributed by atoms with Crippen molar-refractivity contribution < 1.29 is 9.47 Å². The van der Waals surface area contributed by atoms with Crippen molar-refractivity contribution in [3.05, 3.63) is 65.9 Å². The number of hydrogen-bond acceptors (Lipinski definition) is 4. The summed E-state index contributed by atoms with van der Waals surface area (Å²) < 4.78 is 12.3. The summed E-state index contributed by atoms with van der Waals surface area (Å²) in [7, 11) is 0. The Bertz CT molecular complexity index is 964. The first-order valence-electron chi connectivity index (χ1n) is 11.2. The molecule has 0 bridgehead atoms. The lowest BCUT2D eigenvalue weighted by molar-refractivity contribution is 0.0978. The molecule has 30 heavy (non-hydrogen) atoms. The van der Waals surface area contributed by atoms with Crippen molar-refractivity contribution in [2.24, 2.45) is 0 Å². The maximum Gasteiger partial charge on any atom is 0.130 e. The first kappa shape index (κ1) is 20.7. The van der Waals surface area contributed by atoms with Gasteiger partial charge in [-0.2, -0.15) is 0 Å². The van der Waals surface area contributed by atoms with Gasteiger partial charge in [-0.05, 0) is 56.0 Å². The second-order valence-corrected chi connectivity index (χ2v) is 8.22. The number of hydrogen-bond donors (Lipinski definition) is 0. The van der Waals surface area contributed by atoms with Crippen LogP contribution >= 0.6 is 0 Å². The Kier molecular flexibility index (Phi) is 6.85. The monoisotopic (exact) mass is 404 g/mol. The number of nitrogens with zero attached hydrogens (tertiary/aromatic N) is 2. The molecular formula is C26H32N2O2. The SMILES string of the molecule is CCCCOc1cccc(CN2CCC(Oc3cc(C)nc4ccccc34)CC2)c1. The smallest absolute Gasteiger partial charge is 0.130 e. The van der Waals surface area contributed by atoms with Crippen LogP contribution in [0, 0.1) is 6.92 Å². The number of piperidine rings is 1. The van der Waals surface area contributed by atoms with Crippen molar-refractivity contribution >= 4 is 10.9 Å². The van der Waals surface area contributed by atoms with Crippen molar-refractivity contribution in [3.63, 3.8) is 0 Å². The summed E-state index contributed by atoms with van der Waals surface area (Å²) in [5.41, 5.74) is 3.33. The van der Waals surface area contributed by atoms with Crippen LogP contribution < -0.4 is 9.47 Å². The predicted molar refractivity (Wildman–Crippen MR) is 122 cm³/mol. The van der Waals surface area contributed by atoms with Gasteiger partial charge in [-0.15, -0.1) is 0 Å². The maximum atomic E-state index is 6.44. The largest absolute Gasteiger partial charge is 0.494 e. The summed E-state index contributed by atoms with van der Waals surface area (Å²) in [6.45, 7) is 8.08. The van der Waals surface area contributed by atoms with E-state index in [0.717, 1.165) is 80.0 Å². The summed E-state index contributed by atoms with van der Waals surface area (Å²) in [5, 5.41) is 1.10. The standard InChI is InChI=1S/C26H32N2O2/c1-3-4-16-29-23-9-7-8-21(18-23)19-28-14-12-22(13-15-28)30-26-17-20(2)27-25-11-6-5-10-24(25)26/h5-11,17-18,22H,3-4,12-16,19H2,1-2H3. The van der Waals surface area contributed by atoms with Crippen molar-refractivity contribution in [2.75, 3.05) is 19.7 Å². The molecular weight excluding hydrogens is 372 g/mol. The third kappa shape index (κ3) is 5.31. The number of benzene rings is 2. The topological polar surface area (TPSA) is 34.6 Å². The lowest BCUT2D eigenvalue weighted by atomic mass is 10.1. The van der Waals surface area contributed by atoms with Crippen molar-refractivity contribution in [3.8, 4) is 11.5 Å². The van der Waals surface area contributed by atoms with E-state index in [1.165, 1.54) is 5.56 Å². The molecule has 1 aromatic heterocycles. The van der Waals surface area contributed by atoms with Crippen LogP contribution in [0.2, 0.25) is 0 Å². The molecule has 0 atom stereocenters. The van der Waals surface area contributed by atoms with E-state index in [2.05, 4.69) is 65.3 Å². The lowest BCUT2D eigenvalue weighted by Crippen LogP contribution is -2.37. The molecule has 0 amide bonds. The van der Waals surface area contributed by atoms with Gasteiger partial charge in [-0.25, -0.2) is 0 Å². The van der Waals surface area contributed by atoms with Gasteiger partial charge >= 0.3 is 0 Å². The second kappa shape index (κ2) is 9.94. The van der Waals surface area contributed by atoms with Gasteiger partial charge in [0.15, 0.2) is 0 Å². The zero-order chi connectivity index (χ0) is 20.8. The summed E-state index contributed by atoms with van der Waals surface area (Å²) in [6.07, 6.45) is 4.61. The van der Waals surface area contributed by atoms with E-state index in [9.17, 15) is 0 Å². The van der Waals surface area contributed by atoms with Crippen LogP contribution in [0.3, 0.4) is 0 Å². The Balaban J connectivity index is 1.32. The molecule has 1 saturated heterocycles. The van der Waals surface area contributed by atoms with Gasteiger partial charge in [0.2, 0.25) is 0 Å². The van der Waals surface area contributed by atoms with Gasteiger partial charge in [0.05, 0.1) is 12.1 Å². The number of likely N-dealkylation sites (tertiary alicyclic amines) is 1. The number of aryl methyl sites for hydroxylation is 1. The average Bonchev–Trinajstić information content (AvgIpc) is 2.75. The zero-order valence-corrected chi connectivity index (χ0v) is 18.1. The number of unbranched alkanes of at least 4 members (excludes halogenated alkanes) is 1. The quantitative estimate of drug-likeness (QED) is 0.447. The van der Waals surface area contributed by atoms with Gasteiger partial charge in [0.25, 0.3) is 0 Å². The molecule has 1 aliphatic rings. The highest BCUT2D eigenvalue weighted by atomic mass is 16.5. The molecule has 1 aliphatic heterocycles. The Morgan fingerprint density at radius 2 is 1.87 bits per heavy atom. The predicted octanol–water partition coefficient (Wildman–Crippen LogP) is 5.77. The summed E-state index contributed by atoms with van der Waals surface area (Å²) in [4.78, 5) is 7.14. The average molecular weight is 405 g/mol. The van der Waals surface area contributed by atoms with Crippen LogP contribution in [0.15, 0.2) is 54.6 Å². The molecule has 158 valence electrons. The minimum absolute atomic E-state index is 0.259. The third-order valence-corrected chi connectivity index (χ3v) is 5.71. The van der Waals surface area contributed by atoms with Gasteiger partial charge in [-0.3, -0.25) is 9.88 Å². The van der Waals surface area contributed by atoms with Gasteiger partial charge in [-0.1, -0.05) is 37.6 Å². The molecule has 2 heterocycles. The van der Waals surface area contributed by atoms with Gasteiger partial charge < -0.3 is 9.47 Å². The molecule has 0 aliphatic carbocycles. The number of aromatic nitrogens is 1. The molecule has 0 radical (unpaired) electrons. The van der Waals surface area contributed by atoms with E-state index in [1.807, 2.05) is 13.0 Å². The van der Waals surface area contributed by atoms with Crippen molar-refractivity contribution in [2.45, 2.75) is 52.2 Å². The van der Waals surface area contributed by atoms with Crippen LogP contribution in [-0.2, 0) is 6.54 Å². The van der Waals surface area contributed by atoms with Crippen LogP contribution in [0.25, 0.3) is 10.9 Å². The molecule has 4 rings (SSSR count). The van der Waals surface area contributed by atoms with E-state index in [1.54, 1.807) is 0 Å². The highest BCUT2D eigenvalue weighted by Crippen LogP contribution is 2.28. The molecule has 4 heteroatoms. The van der Waals surface area contributed by atoms with E-state index in [0.29, 0.717) is 0 Å². The minimum atomic E-state index is 0.259. The Labute approximate surface area is 179 Å². The van der Waals surface area contributed by atoms with E-state index < -0.39 is 0 Å². The summed E-state index contributed by atoms with van der Waals surface area (Å²) in [5.74, 6) is 1.95. The molecule has 0 spiro atoms. The van der Waals surface area contributed by atoms with E-state index >= 15 is 0 Å². The zero-order valence-electron chi connectivity index (χ0n) is 18.1. The van der Waals surface area contributed by atoms with E-state index in [-0.39, 0.29) is 6.10 Å². The van der Waals surface area contributed by atoms with Crippen LogP contribution in [0.5, 0.6) is 11.5 Å².